The molecule has 18 heavy (non-hydrogen) atoms. The summed E-state index contributed by atoms with van der Waals surface area (Å²) in [5.41, 5.74) is 5.78. The van der Waals surface area contributed by atoms with Crippen molar-refractivity contribution < 1.29 is 0 Å². The molecule has 1 fully saturated rings. The number of nitrogens with two attached hydrogens (primary N) is 1. The Morgan fingerprint density at radius 3 is 2.89 bits per heavy atom. The van der Waals surface area contributed by atoms with E-state index in [0.717, 1.165) is 32.4 Å². The van der Waals surface area contributed by atoms with Crippen LogP contribution in [0.3, 0.4) is 0 Å². The first-order valence-electron chi connectivity index (χ1n) is 6.64. The van der Waals surface area contributed by atoms with Gasteiger partial charge in [-0.1, -0.05) is 6.92 Å². The van der Waals surface area contributed by atoms with Gasteiger partial charge in [0.25, 0.3) is 5.56 Å². The minimum Gasteiger partial charge on any atom is -0.355 e. The lowest BCUT2D eigenvalue weighted by Crippen LogP contribution is -2.43. The zero-order valence-corrected chi connectivity index (χ0v) is 11.2. The van der Waals surface area contributed by atoms with Crippen molar-refractivity contribution >= 4 is 5.82 Å². The zero-order valence-electron chi connectivity index (χ0n) is 11.2. The lowest BCUT2D eigenvalue weighted by Gasteiger charge is -2.35. The van der Waals surface area contributed by atoms with Gasteiger partial charge in [-0.3, -0.25) is 4.79 Å². The van der Waals surface area contributed by atoms with Crippen molar-refractivity contribution in [1.29, 1.82) is 0 Å². The van der Waals surface area contributed by atoms with Crippen LogP contribution in [0.15, 0.2) is 17.2 Å². The number of aryl methyl sites for hydroxylation is 1. The van der Waals surface area contributed by atoms with Crippen LogP contribution in [0, 0.1) is 5.92 Å². The maximum atomic E-state index is 12.2. The van der Waals surface area contributed by atoms with Crippen molar-refractivity contribution in [2.45, 2.75) is 38.8 Å². The molecule has 1 aliphatic carbocycles. The quantitative estimate of drug-likeness (QED) is 0.840. The van der Waals surface area contributed by atoms with E-state index in [-0.39, 0.29) is 5.56 Å². The molecule has 0 radical (unpaired) electrons. The van der Waals surface area contributed by atoms with E-state index < -0.39 is 0 Å². The lowest BCUT2D eigenvalue weighted by molar-refractivity contribution is 0.270. The molecule has 2 rings (SSSR count). The Bertz CT molecular complexity index is 451. The van der Waals surface area contributed by atoms with E-state index in [9.17, 15) is 4.79 Å². The van der Waals surface area contributed by atoms with E-state index >= 15 is 0 Å². The molecule has 2 N–H and O–H groups in total. The summed E-state index contributed by atoms with van der Waals surface area (Å²) in [6.07, 6.45) is 6.52. The fourth-order valence-electron chi connectivity index (χ4n) is 2.52. The number of aromatic nitrogens is 2. The molecule has 0 saturated heterocycles. The van der Waals surface area contributed by atoms with Gasteiger partial charge >= 0.3 is 0 Å². The summed E-state index contributed by atoms with van der Waals surface area (Å²) >= 11 is 0. The van der Waals surface area contributed by atoms with Gasteiger partial charge in [0, 0.05) is 38.6 Å². The second-order valence-electron chi connectivity index (χ2n) is 5.23. The molecular weight excluding hydrogens is 228 g/mol. The Labute approximate surface area is 108 Å². The second kappa shape index (κ2) is 5.52. The van der Waals surface area contributed by atoms with Crippen molar-refractivity contribution in [2.75, 3.05) is 18.5 Å². The summed E-state index contributed by atoms with van der Waals surface area (Å²) in [5, 5.41) is 0. The van der Waals surface area contributed by atoms with E-state index in [0.29, 0.717) is 17.8 Å². The highest BCUT2D eigenvalue weighted by Gasteiger charge is 2.27. The van der Waals surface area contributed by atoms with Gasteiger partial charge in [0.15, 0.2) is 5.82 Å². The van der Waals surface area contributed by atoms with Crippen LogP contribution < -0.4 is 16.2 Å². The molecule has 5 nitrogen and oxygen atoms in total. The topological polar surface area (TPSA) is 64.2 Å². The number of hydrogen-bond acceptors (Lipinski definition) is 4. The van der Waals surface area contributed by atoms with Gasteiger partial charge in [0.05, 0.1) is 0 Å². The van der Waals surface area contributed by atoms with Crippen molar-refractivity contribution in [1.82, 2.24) is 9.55 Å². The summed E-state index contributed by atoms with van der Waals surface area (Å²) in [5.74, 6) is 1.15. The summed E-state index contributed by atoms with van der Waals surface area (Å²) in [6.45, 7) is 3.68. The summed E-state index contributed by atoms with van der Waals surface area (Å²) in [6, 6.07) is 0.351. The number of nitrogens with zero attached hydrogens (tertiary/aromatic N) is 3. The Kier molecular flexibility index (Phi) is 4.01. The molecule has 0 bridgehead atoms. The summed E-state index contributed by atoms with van der Waals surface area (Å²) in [7, 11) is 1.93. The van der Waals surface area contributed by atoms with Gasteiger partial charge in [-0.2, -0.15) is 0 Å². The molecule has 0 unspecified atom stereocenters. The Morgan fingerprint density at radius 2 is 2.28 bits per heavy atom. The minimum atomic E-state index is 0.00507. The summed E-state index contributed by atoms with van der Waals surface area (Å²) in [4.78, 5) is 18.4. The first-order chi connectivity index (χ1) is 8.61. The predicted octanol–water partition coefficient (Wildman–Crippen LogP) is 0.827. The number of hydrogen-bond donors (Lipinski definition) is 1. The normalized spacial score (nSPS) is 22.6. The smallest absolute Gasteiger partial charge is 0.293 e. The minimum absolute atomic E-state index is 0.00507. The van der Waals surface area contributed by atoms with E-state index in [1.54, 1.807) is 17.0 Å². The molecule has 5 heteroatoms. The van der Waals surface area contributed by atoms with Crippen LogP contribution in [0.5, 0.6) is 0 Å². The van der Waals surface area contributed by atoms with Gasteiger partial charge in [-0.05, 0) is 25.2 Å². The maximum Gasteiger partial charge on any atom is 0.293 e. The number of rotatable bonds is 5. The Balaban J connectivity index is 2.07. The van der Waals surface area contributed by atoms with Crippen molar-refractivity contribution in [3.63, 3.8) is 0 Å². The largest absolute Gasteiger partial charge is 0.355 e. The average molecular weight is 250 g/mol. The van der Waals surface area contributed by atoms with Crippen LogP contribution in [0.25, 0.3) is 0 Å². The molecule has 1 aromatic rings. The molecule has 1 aliphatic rings. The Hall–Kier alpha value is -1.36. The number of anilines is 1. The molecule has 0 aliphatic heterocycles. The van der Waals surface area contributed by atoms with E-state index in [1.165, 1.54) is 0 Å². The van der Waals surface area contributed by atoms with Crippen LogP contribution >= 0.6 is 0 Å². The monoisotopic (exact) mass is 250 g/mol. The van der Waals surface area contributed by atoms with Crippen LogP contribution in [-0.4, -0.2) is 29.2 Å². The van der Waals surface area contributed by atoms with E-state index in [1.807, 2.05) is 11.9 Å². The van der Waals surface area contributed by atoms with Gasteiger partial charge in [0.2, 0.25) is 0 Å². The highest BCUT2D eigenvalue weighted by molar-refractivity contribution is 5.34. The Morgan fingerprint density at radius 1 is 1.56 bits per heavy atom. The van der Waals surface area contributed by atoms with Crippen LogP contribution in [-0.2, 0) is 6.54 Å². The fraction of sp³-hybridized carbons (Fsp3) is 0.692. The molecule has 0 aromatic carbocycles. The first kappa shape index (κ1) is 13.1. The van der Waals surface area contributed by atoms with Crippen molar-refractivity contribution in [3.05, 3.63) is 22.7 Å². The second-order valence-corrected chi connectivity index (χ2v) is 5.23. The third kappa shape index (κ3) is 2.72. The van der Waals surface area contributed by atoms with E-state index in [2.05, 4.69) is 11.9 Å². The van der Waals surface area contributed by atoms with Crippen LogP contribution in [0.1, 0.15) is 26.2 Å². The van der Waals surface area contributed by atoms with Crippen LogP contribution in [0.2, 0.25) is 0 Å². The maximum absolute atomic E-state index is 12.2. The fourth-order valence-corrected chi connectivity index (χ4v) is 2.52. The molecule has 1 saturated carbocycles. The highest BCUT2D eigenvalue weighted by atomic mass is 16.1. The van der Waals surface area contributed by atoms with Crippen molar-refractivity contribution in [2.24, 2.45) is 11.7 Å². The third-order valence-corrected chi connectivity index (χ3v) is 3.53. The van der Waals surface area contributed by atoms with E-state index in [4.69, 9.17) is 5.73 Å². The summed E-state index contributed by atoms with van der Waals surface area (Å²) < 4.78 is 1.73. The molecule has 1 aromatic heterocycles. The zero-order chi connectivity index (χ0) is 13.1. The molecule has 0 amide bonds. The predicted molar refractivity (Wildman–Crippen MR) is 72.8 cm³/mol. The third-order valence-electron chi connectivity index (χ3n) is 3.53. The van der Waals surface area contributed by atoms with Crippen molar-refractivity contribution in [3.8, 4) is 0 Å². The molecular formula is C13H22N4O. The lowest BCUT2D eigenvalue weighted by atomic mass is 9.81. The first-order valence-corrected chi connectivity index (χ1v) is 6.64. The molecule has 0 atom stereocenters. The van der Waals surface area contributed by atoms with Gasteiger partial charge in [0.1, 0.15) is 0 Å². The van der Waals surface area contributed by atoms with Gasteiger partial charge in [-0.15, -0.1) is 0 Å². The highest BCUT2D eigenvalue weighted by Crippen LogP contribution is 2.26. The van der Waals surface area contributed by atoms with Gasteiger partial charge < -0.3 is 15.2 Å². The molecule has 0 spiro atoms. The average Bonchev–Trinajstić information content (AvgIpc) is 2.30. The van der Waals surface area contributed by atoms with Gasteiger partial charge in [-0.25, -0.2) is 4.98 Å². The van der Waals surface area contributed by atoms with Crippen LogP contribution in [0.4, 0.5) is 5.82 Å². The molecule has 1 heterocycles. The SMILES string of the molecule is CCCn1ccnc(N(C)CC2CC(N)C2)c1=O. The molecule has 100 valence electrons. The standard InChI is InChI=1S/C13H22N4O/c1-3-5-17-6-4-15-12(13(17)18)16(2)9-10-7-11(14)8-10/h4,6,10-11H,3,5,7-9,14H2,1-2H3.